The van der Waals surface area contributed by atoms with E-state index >= 15 is 0 Å². The quantitative estimate of drug-likeness (QED) is 0.580. The van der Waals surface area contributed by atoms with E-state index in [0.29, 0.717) is 12.1 Å². The molecular formula is C17H19NO2. The van der Waals surface area contributed by atoms with Crippen LogP contribution in [0.4, 0.5) is 5.69 Å². The van der Waals surface area contributed by atoms with Gasteiger partial charge in [-0.05, 0) is 49.4 Å². The molecule has 20 heavy (non-hydrogen) atoms. The topological polar surface area (TPSA) is 37.4 Å². The summed E-state index contributed by atoms with van der Waals surface area (Å²) in [7, 11) is 0. The molecule has 3 rings (SSSR count). The van der Waals surface area contributed by atoms with Crippen LogP contribution in [0, 0.1) is 31.6 Å². The fourth-order valence-electron chi connectivity index (χ4n) is 3.27. The predicted octanol–water partition coefficient (Wildman–Crippen LogP) is 3.01. The Morgan fingerprint density at radius 2 is 1.85 bits per heavy atom. The summed E-state index contributed by atoms with van der Waals surface area (Å²) in [5, 5.41) is 0. The van der Waals surface area contributed by atoms with Crippen LogP contribution in [0.25, 0.3) is 0 Å². The van der Waals surface area contributed by atoms with Crippen molar-refractivity contribution in [1.29, 1.82) is 0 Å². The molecule has 1 aromatic carbocycles. The highest BCUT2D eigenvalue weighted by Crippen LogP contribution is 2.40. The predicted molar refractivity (Wildman–Crippen MR) is 78.3 cm³/mol. The molecule has 3 nitrogen and oxygen atoms in total. The Hall–Kier alpha value is -1.90. The molecule has 1 aromatic rings. The van der Waals surface area contributed by atoms with E-state index < -0.39 is 0 Å². The van der Waals surface area contributed by atoms with E-state index in [0.717, 1.165) is 5.56 Å². The number of amides is 2. The Morgan fingerprint density at radius 1 is 1.10 bits per heavy atom. The first-order valence-corrected chi connectivity index (χ1v) is 7.12. The van der Waals surface area contributed by atoms with E-state index in [9.17, 15) is 9.59 Å². The number of aryl methyl sites for hydroxylation is 2. The highest BCUT2D eigenvalue weighted by atomic mass is 16.2. The minimum absolute atomic E-state index is 0.0416. The largest absolute Gasteiger partial charge is 0.274 e. The molecule has 0 unspecified atom stereocenters. The lowest BCUT2D eigenvalue weighted by Gasteiger charge is -2.22. The fourth-order valence-corrected chi connectivity index (χ4v) is 3.27. The summed E-state index contributed by atoms with van der Waals surface area (Å²) in [6, 6.07) is 5.77. The molecule has 1 aliphatic carbocycles. The maximum Gasteiger partial charge on any atom is 0.238 e. The SMILES string of the molecule is Cc1ccc(N2C(=O)[C@@H]3[C@@H](C)C=CC[C@H]3C2=O)cc1C. The van der Waals surface area contributed by atoms with Crippen LogP contribution in [0.1, 0.15) is 24.5 Å². The van der Waals surface area contributed by atoms with Crippen molar-refractivity contribution in [2.24, 2.45) is 17.8 Å². The molecule has 1 saturated heterocycles. The monoisotopic (exact) mass is 269 g/mol. The van der Waals surface area contributed by atoms with Crippen molar-refractivity contribution in [3.63, 3.8) is 0 Å². The number of hydrogen-bond acceptors (Lipinski definition) is 2. The second-order valence-electron chi connectivity index (χ2n) is 5.94. The number of nitrogens with zero attached hydrogens (tertiary/aromatic N) is 1. The molecule has 3 atom stereocenters. The summed E-state index contributed by atoms with van der Waals surface area (Å²) in [4.78, 5) is 26.6. The number of carbonyl (C=O) groups is 2. The molecule has 2 aliphatic rings. The summed E-state index contributed by atoms with van der Waals surface area (Å²) in [5.41, 5.74) is 2.98. The van der Waals surface area contributed by atoms with Gasteiger partial charge in [0, 0.05) is 0 Å². The van der Waals surface area contributed by atoms with Crippen LogP contribution < -0.4 is 4.90 Å². The number of rotatable bonds is 1. The summed E-state index contributed by atoms with van der Waals surface area (Å²) < 4.78 is 0. The molecule has 0 bridgehead atoms. The molecule has 2 amide bonds. The Kier molecular flexibility index (Phi) is 3.00. The van der Waals surface area contributed by atoms with Crippen LogP contribution in [0.2, 0.25) is 0 Å². The van der Waals surface area contributed by atoms with E-state index in [2.05, 4.69) is 6.08 Å². The van der Waals surface area contributed by atoms with Gasteiger partial charge in [-0.2, -0.15) is 0 Å². The number of anilines is 1. The molecule has 1 fully saturated rings. The molecule has 0 spiro atoms. The van der Waals surface area contributed by atoms with Crippen molar-refractivity contribution in [2.45, 2.75) is 27.2 Å². The molecular weight excluding hydrogens is 250 g/mol. The first-order chi connectivity index (χ1) is 9.50. The van der Waals surface area contributed by atoms with Crippen molar-refractivity contribution in [1.82, 2.24) is 0 Å². The van der Waals surface area contributed by atoms with E-state index in [1.807, 2.05) is 45.0 Å². The molecule has 1 heterocycles. The first kappa shape index (κ1) is 13.1. The van der Waals surface area contributed by atoms with Crippen molar-refractivity contribution < 1.29 is 9.59 Å². The Balaban J connectivity index is 2.01. The Morgan fingerprint density at radius 3 is 2.50 bits per heavy atom. The summed E-state index contributed by atoms with van der Waals surface area (Å²) in [6.07, 6.45) is 4.76. The zero-order chi connectivity index (χ0) is 14.4. The lowest BCUT2D eigenvalue weighted by Crippen LogP contribution is -2.31. The van der Waals surface area contributed by atoms with Gasteiger partial charge in [0.1, 0.15) is 0 Å². The average molecular weight is 269 g/mol. The highest BCUT2D eigenvalue weighted by molar-refractivity contribution is 6.22. The van der Waals surface area contributed by atoms with E-state index in [-0.39, 0.29) is 29.6 Å². The van der Waals surface area contributed by atoms with Gasteiger partial charge in [-0.1, -0.05) is 25.1 Å². The van der Waals surface area contributed by atoms with E-state index in [4.69, 9.17) is 0 Å². The maximum absolute atomic E-state index is 12.6. The standard InChI is InChI=1S/C17H19NO2/c1-10-7-8-13(9-12(10)3)18-16(19)14-6-4-5-11(2)15(14)17(18)20/h4-5,7-9,11,14-15H,6H2,1-3H3/t11-,14+,15+/m0/s1. The van der Waals surface area contributed by atoms with Crippen molar-refractivity contribution in [3.05, 3.63) is 41.5 Å². The van der Waals surface area contributed by atoms with Gasteiger partial charge < -0.3 is 0 Å². The molecule has 0 saturated carbocycles. The number of imide groups is 1. The maximum atomic E-state index is 12.6. The van der Waals surface area contributed by atoms with Crippen LogP contribution in [-0.2, 0) is 9.59 Å². The van der Waals surface area contributed by atoms with Crippen LogP contribution in [0.15, 0.2) is 30.4 Å². The minimum Gasteiger partial charge on any atom is -0.274 e. The zero-order valence-electron chi connectivity index (χ0n) is 12.1. The third-order valence-electron chi connectivity index (χ3n) is 4.62. The van der Waals surface area contributed by atoms with Gasteiger partial charge in [0.25, 0.3) is 0 Å². The van der Waals surface area contributed by atoms with Gasteiger partial charge in [-0.3, -0.25) is 14.5 Å². The van der Waals surface area contributed by atoms with Gasteiger partial charge in [0.15, 0.2) is 0 Å². The number of hydrogen-bond donors (Lipinski definition) is 0. The summed E-state index contributed by atoms with van der Waals surface area (Å²) >= 11 is 0. The lowest BCUT2D eigenvalue weighted by atomic mass is 9.78. The third-order valence-corrected chi connectivity index (χ3v) is 4.62. The lowest BCUT2D eigenvalue weighted by molar-refractivity contribution is -0.122. The molecule has 3 heteroatoms. The Bertz CT molecular complexity index is 617. The second-order valence-corrected chi connectivity index (χ2v) is 5.94. The van der Waals surface area contributed by atoms with Gasteiger partial charge in [0.05, 0.1) is 17.5 Å². The fraction of sp³-hybridized carbons (Fsp3) is 0.412. The van der Waals surface area contributed by atoms with E-state index in [1.54, 1.807) is 0 Å². The van der Waals surface area contributed by atoms with Crippen molar-refractivity contribution in [2.75, 3.05) is 4.90 Å². The van der Waals surface area contributed by atoms with Crippen LogP contribution in [-0.4, -0.2) is 11.8 Å². The number of allylic oxidation sites excluding steroid dienone is 2. The third kappa shape index (κ3) is 1.80. The molecule has 0 aromatic heterocycles. The van der Waals surface area contributed by atoms with Crippen LogP contribution in [0.3, 0.4) is 0 Å². The first-order valence-electron chi connectivity index (χ1n) is 7.12. The minimum atomic E-state index is -0.186. The average Bonchev–Trinajstić information content (AvgIpc) is 2.67. The van der Waals surface area contributed by atoms with Crippen molar-refractivity contribution >= 4 is 17.5 Å². The Labute approximate surface area is 119 Å². The number of carbonyl (C=O) groups excluding carboxylic acids is 2. The van der Waals surface area contributed by atoms with Crippen molar-refractivity contribution in [3.8, 4) is 0 Å². The zero-order valence-corrected chi connectivity index (χ0v) is 12.1. The van der Waals surface area contributed by atoms with Gasteiger partial charge in [-0.15, -0.1) is 0 Å². The second kappa shape index (κ2) is 4.58. The summed E-state index contributed by atoms with van der Waals surface area (Å²) in [5.74, 6) is -0.306. The normalized spacial score (nSPS) is 28.9. The van der Waals surface area contributed by atoms with Crippen LogP contribution in [0.5, 0.6) is 0 Å². The summed E-state index contributed by atoms with van der Waals surface area (Å²) in [6.45, 7) is 6.04. The molecule has 1 aliphatic heterocycles. The van der Waals surface area contributed by atoms with Gasteiger partial charge in [-0.25, -0.2) is 0 Å². The smallest absolute Gasteiger partial charge is 0.238 e. The number of fused-ring (bicyclic) bond motifs is 1. The molecule has 0 radical (unpaired) electrons. The molecule has 104 valence electrons. The number of benzene rings is 1. The van der Waals surface area contributed by atoms with Gasteiger partial charge >= 0.3 is 0 Å². The highest BCUT2D eigenvalue weighted by Gasteiger charge is 2.50. The van der Waals surface area contributed by atoms with Crippen LogP contribution >= 0.6 is 0 Å². The molecule has 0 N–H and O–H groups in total. The van der Waals surface area contributed by atoms with E-state index in [1.165, 1.54) is 10.5 Å². The van der Waals surface area contributed by atoms with Gasteiger partial charge in [0.2, 0.25) is 11.8 Å².